The molecule has 0 aliphatic heterocycles. The smallest absolute Gasteiger partial charge is 0.226 e. The maximum atomic E-state index is 4.73. The highest BCUT2D eigenvalue weighted by molar-refractivity contribution is 7.18. The predicted molar refractivity (Wildman–Crippen MR) is 89.1 cm³/mol. The van der Waals surface area contributed by atoms with Gasteiger partial charge in [-0.25, -0.2) is 4.98 Å². The average Bonchev–Trinajstić information content (AvgIpc) is 2.77. The number of aromatic nitrogens is 2. The molecule has 2 rings (SSSR count). The van der Waals surface area contributed by atoms with Crippen molar-refractivity contribution < 1.29 is 0 Å². The minimum Gasteiger partial charge on any atom is -0.354 e. The van der Waals surface area contributed by atoms with E-state index < -0.39 is 0 Å². The van der Waals surface area contributed by atoms with Gasteiger partial charge >= 0.3 is 0 Å². The molecule has 2 heterocycles. The van der Waals surface area contributed by atoms with Crippen LogP contribution in [-0.2, 0) is 0 Å². The summed E-state index contributed by atoms with van der Waals surface area (Å²) in [5.74, 6) is 1.73. The van der Waals surface area contributed by atoms with Crippen molar-refractivity contribution in [3.8, 4) is 0 Å². The molecule has 2 aromatic heterocycles. The summed E-state index contributed by atoms with van der Waals surface area (Å²) in [5, 5.41) is 4.38. The average molecular weight is 292 g/mol. The van der Waals surface area contributed by atoms with Crippen molar-refractivity contribution in [3.63, 3.8) is 0 Å². The highest BCUT2D eigenvalue weighted by Gasteiger charge is 2.25. The Bertz CT molecular complexity index is 603. The van der Waals surface area contributed by atoms with Crippen LogP contribution in [0.25, 0.3) is 10.2 Å². The summed E-state index contributed by atoms with van der Waals surface area (Å²) in [6.07, 6.45) is 1.06. The quantitative estimate of drug-likeness (QED) is 0.902. The van der Waals surface area contributed by atoms with Gasteiger partial charge in [-0.1, -0.05) is 6.92 Å². The van der Waals surface area contributed by atoms with Crippen LogP contribution in [0.15, 0.2) is 6.07 Å². The van der Waals surface area contributed by atoms with Crippen LogP contribution in [0, 0.1) is 6.92 Å². The molecule has 20 heavy (non-hydrogen) atoms. The fraction of sp³-hybridized carbons (Fsp3) is 0.600. The van der Waals surface area contributed by atoms with Crippen LogP contribution >= 0.6 is 11.3 Å². The fourth-order valence-corrected chi connectivity index (χ4v) is 2.92. The Labute approximate surface area is 125 Å². The Morgan fingerprint density at radius 1 is 1.30 bits per heavy atom. The molecule has 4 nitrogen and oxygen atoms in total. The van der Waals surface area contributed by atoms with Crippen molar-refractivity contribution in [1.82, 2.24) is 9.97 Å². The van der Waals surface area contributed by atoms with Crippen LogP contribution in [0.1, 0.15) is 39.0 Å². The van der Waals surface area contributed by atoms with Gasteiger partial charge in [-0.15, -0.1) is 11.3 Å². The first kappa shape index (κ1) is 15.0. The van der Waals surface area contributed by atoms with E-state index in [0.29, 0.717) is 0 Å². The molecule has 0 saturated carbocycles. The van der Waals surface area contributed by atoms with Gasteiger partial charge in [0.05, 0.1) is 5.39 Å². The van der Waals surface area contributed by atoms with E-state index in [-0.39, 0.29) is 5.54 Å². The molecule has 0 aromatic carbocycles. The van der Waals surface area contributed by atoms with E-state index in [0.717, 1.165) is 34.9 Å². The minimum absolute atomic E-state index is 0.0700. The van der Waals surface area contributed by atoms with E-state index in [1.165, 1.54) is 4.88 Å². The van der Waals surface area contributed by atoms with E-state index in [4.69, 9.17) is 4.98 Å². The van der Waals surface area contributed by atoms with Gasteiger partial charge in [0, 0.05) is 24.0 Å². The predicted octanol–water partition coefficient (Wildman–Crippen LogP) is 4.06. The molecule has 0 aliphatic carbocycles. The molecule has 0 aliphatic rings. The zero-order valence-electron chi connectivity index (χ0n) is 13.2. The summed E-state index contributed by atoms with van der Waals surface area (Å²) in [6, 6.07) is 2.19. The molecule has 1 N–H and O–H groups in total. The highest BCUT2D eigenvalue weighted by Crippen LogP contribution is 2.34. The Kier molecular flexibility index (Phi) is 4.18. The third kappa shape index (κ3) is 2.73. The van der Waals surface area contributed by atoms with Crippen molar-refractivity contribution in [2.24, 2.45) is 0 Å². The number of thiophene rings is 1. The van der Waals surface area contributed by atoms with Crippen LogP contribution in [0.4, 0.5) is 11.8 Å². The minimum atomic E-state index is 0.0700. The van der Waals surface area contributed by atoms with Gasteiger partial charge < -0.3 is 10.2 Å². The van der Waals surface area contributed by atoms with Crippen molar-refractivity contribution in [2.75, 3.05) is 23.8 Å². The third-order valence-corrected chi connectivity index (χ3v) is 4.87. The van der Waals surface area contributed by atoms with Crippen LogP contribution in [-0.4, -0.2) is 29.1 Å². The van der Waals surface area contributed by atoms with Crippen molar-refractivity contribution in [3.05, 3.63) is 10.9 Å². The third-order valence-electron chi connectivity index (χ3n) is 3.92. The van der Waals surface area contributed by atoms with E-state index in [1.807, 2.05) is 0 Å². The first-order valence-electron chi connectivity index (χ1n) is 7.15. The lowest BCUT2D eigenvalue weighted by Crippen LogP contribution is -2.41. The van der Waals surface area contributed by atoms with Crippen LogP contribution in [0.5, 0.6) is 0 Å². The number of fused-ring (bicyclic) bond motifs is 1. The van der Waals surface area contributed by atoms with E-state index in [9.17, 15) is 0 Å². The van der Waals surface area contributed by atoms with Crippen LogP contribution < -0.4 is 10.2 Å². The molecular formula is C15H24N4S. The number of anilines is 2. The number of hydrogen-bond acceptors (Lipinski definition) is 5. The summed E-state index contributed by atoms with van der Waals surface area (Å²) in [6.45, 7) is 11.7. The molecule has 5 heteroatoms. The Hall–Kier alpha value is -1.36. The number of nitrogens with zero attached hydrogens (tertiary/aromatic N) is 3. The highest BCUT2D eigenvalue weighted by atomic mass is 32.1. The molecule has 110 valence electrons. The van der Waals surface area contributed by atoms with Gasteiger partial charge in [0.25, 0.3) is 0 Å². The van der Waals surface area contributed by atoms with E-state index in [1.54, 1.807) is 11.3 Å². The number of aryl methyl sites for hydroxylation is 1. The Balaban J connectivity index is 2.60. The maximum Gasteiger partial charge on any atom is 0.226 e. The largest absolute Gasteiger partial charge is 0.354 e. The van der Waals surface area contributed by atoms with Gasteiger partial charge in [0.2, 0.25) is 5.95 Å². The standard InChI is InChI=1S/C15H24N4S/c1-7-15(4,5)19(6)12-11-9-10(3)20-13(11)18-14(17-12)16-8-2/h9H,7-8H2,1-6H3,(H,16,17,18). The molecule has 0 saturated heterocycles. The second kappa shape index (κ2) is 5.56. The second-order valence-electron chi connectivity index (χ2n) is 5.70. The molecule has 0 radical (unpaired) electrons. The monoisotopic (exact) mass is 292 g/mol. The first-order valence-corrected chi connectivity index (χ1v) is 7.96. The first-order chi connectivity index (χ1) is 9.39. The van der Waals surface area contributed by atoms with Crippen LogP contribution in [0.3, 0.4) is 0 Å². The van der Waals surface area contributed by atoms with Gasteiger partial charge in [-0.3, -0.25) is 0 Å². The summed E-state index contributed by atoms with van der Waals surface area (Å²) < 4.78 is 0. The summed E-state index contributed by atoms with van der Waals surface area (Å²) >= 11 is 1.72. The number of rotatable bonds is 5. The van der Waals surface area contributed by atoms with Crippen molar-refractivity contribution in [2.45, 2.75) is 46.6 Å². The molecule has 0 unspecified atom stereocenters. The molecule has 0 amide bonds. The second-order valence-corrected chi connectivity index (χ2v) is 6.94. The lowest BCUT2D eigenvalue weighted by Gasteiger charge is -2.36. The lowest BCUT2D eigenvalue weighted by molar-refractivity contribution is 0.468. The zero-order chi connectivity index (χ0) is 14.9. The molecule has 0 spiro atoms. The maximum absolute atomic E-state index is 4.73. The Morgan fingerprint density at radius 3 is 2.60 bits per heavy atom. The van der Waals surface area contributed by atoms with Gasteiger partial charge in [0.15, 0.2) is 0 Å². The van der Waals surface area contributed by atoms with Gasteiger partial charge in [-0.05, 0) is 40.2 Å². The molecule has 0 atom stereocenters. The lowest BCUT2D eigenvalue weighted by atomic mass is 10.00. The Morgan fingerprint density at radius 2 is 2.00 bits per heavy atom. The van der Waals surface area contributed by atoms with Gasteiger partial charge in [0.1, 0.15) is 10.6 Å². The summed E-state index contributed by atoms with van der Waals surface area (Å²) in [7, 11) is 2.12. The van der Waals surface area contributed by atoms with Gasteiger partial charge in [-0.2, -0.15) is 4.98 Å². The molecule has 2 aromatic rings. The summed E-state index contributed by atoms with van der Waals surface area (Å²) in [4.78, 5) is 13.9. The van der Waals surface area contributed by atoms with E-state index in [2.05, 4.69) is 62.9 Å². The normalized spacial score (nSPS) is 11.9. The molecule has 0 bridgehead atoms. The van der Waals surface area contributed by atoms with Crippen molar-refractivity contribution >= 4 is 33.3 Å². The van der Waals surface area contributed by atoms with Crippen molar-refractivity contribution in [1.29, 1.82) is 0 Å². The number of nitrogens with one attached hydrogen (secondary N) is 1. The zero-order valence-corrected chi connectivity index (χ0v) is 14.1. The molecule has 0 fully saturated rings. The SMILES string of the molecule is CCNc1nc(N(C)C(C)(C)CC)c2cc(C)sc2n1. The van der Waals surface area contributed by atoms with E-state index >= 15 is 0 Å². The fourth-order valence-electron chi connectivity index (χ4n) is 2.04. The summed E-state index contributed by atoms with van der Waals surface area (Å²) in [5.41, 5.74) is 0.0700. The van der Waals surface area contributed by atoms with Crippen LogP contribution in [0.2, 0.25) is 0 Å². The topological polar surface area (TPSA) is 41.1 Å². The number of hydrogen-bond donors (Lipinski definition) is 1. The molecular weight excluding hydrogens is 268 g/mol.